The van der Waals surface area contributed by atoms with Crippen molar-refractivity contribution < 1.29 is 28.6 Å². The third-order valence-electron chi connectivity index (χ3n) is 12.2. The molecule has 0 aromatic heterocycles. The van der Waals surface area contributed by atoms with E-state index < -0.39 is 6.10 Å². The van der Waals surface area contributed by atoms with E-state index in [1.54, 1.807) is 0 Å². The minimum atomic E-state index is -0.760. The summed E-state index contributed by atoms with van der Waals surface area (Å²) in [7, 11) is 0. The van der Waals surface area contributed by atoms with Crippen LogP contribution in [-0.2, 0) is 28.6 Å². The van der Waals surface area contributed by atoms with Crippen LogP contribution in [0.3, 0.4) is 0 Å². The van der Waals surface area contributed by atoms with Crippen LogP contribution in [0.25, 0.3) is 0 Å². The van der Waals surface area contributed by atoms with Crippen LogP contribution in [0.5, 0.6) is 0 Å². The van der Waals surface area contributed by atoms with Gasteiger partial charge in [0.05, 0.1) is 0 Å². The van der Waals surface area contributed by atoms with E-state index in [1.165, 1.54) is 186 Å². The van der Waals surface area contributed by atoms with Crippen LogP contribution in [0.1, 0.15) is 291 Å². The van der Waals surface area contributed by atoms with Gasteiger partial charge >= 0.3 is 17.9 Å². The van der Waals surface area contributed by atoms with E-state index in [1.807, 2.05) is 0 Å². The first-order valence-electron chi connectivity index (χ1n) is 25.9. The van der Waals surface area contributed by atoms with Gasteiger partial charge in [0.15, 0.2) is 6.10 Å². The van der Waals surface area contributed by atoms with Crippen molar-refractivity contribution in [3.63, 3.8) is 0 Å². The third kappa shape index (κ3) is 44.0. The average Bonchev–Trinajstić information content (AvgIpc) is 3.22. The van der Waals surface area contributed by atoms with E-state index in [-0.39, 0.29) is 31.1 Å². The number of unbranched alkanes of at least 4 members (excludes halogenated alkanes) is 33. The van der Waals surface area contributed by atoms with Crippen molar-refractivity contribution >= 4 is 17.9 Å². The van der Waals surface area contributed by atoms with E-state index in [2.05, 4.69) is 27.7 Å². The van der Waals surface area contributed by atoms with Gasteiger partial charge in [-0.2, -0.15) is 0 Å². The van der Waals surface area contributed by atoms with E-state index in [0.29, 0.717) is 19.3 Å². The number of hydrogen-bond acceptors (Lipinski definition) is 6. The molecule has 0 amide bonds. The second kappa shape index (κ2) is 46.5. The average molecular weight is 821 g/mol. The third-order valence-corrected chi connectivity index (χ3v) is 12.2. The Morgan fingerprint density at radius 2 is 0.603 bits per heavy atom. The normalized spacial score (nSPS) is 12.4. The fourth-order valence-electron chi connectivity index (χ4n) is 7.83. The molecule has 0 fully saturated rings. The van der Waals surface area contributed by atoms with Gasteiger partial charge in [-0.25, -0.2) is 0 Å². The van der Waals surface area contributed by atoms with Crippen molar-refractivity contribution in [3.8, 4) is 0 Å². The Labute approximate surface area is 361 Å². The van der Waals surface area contributed by atoms with E-state index in [9.17, 15) is 14.4 Å². The van der Waals surface area contributed by atoms with Gasteiger partial charge in [-0.15, -0.1) is 0 Å². The molecule has 58 heavy (non-hydrogen) atoms. The van der Waals surface area contributed by atoms with E-state index >= 15 is 0 Å². The molecule has 6 nitrogen and oxygen atoms in total. The molecule has 0 heterocycles. The molecule has 0 aromatic rings. The maximum absolute atomic E-state index is 12.8. The van der Waals surface area contributed by atoms with Gasteiger partial charge in [0.25, 0.3) is 0 Å². The second-order valence-electron chi connectivity index (χ2n) is 18.1. The monoisotopic (exact) mass is 821 g/mol. The van der Waals surface area contributed by atoms with Crippen molar-refractivity contribution in [3.05, 3.63) is 0 Å². The maximum Gasteiger partial charge on any atom is 0.306 e. The molecular formula is C52H100O6. The van der Waals surface area contributed by atoms with Crippen molar-refractivity contribution in [2.24, 2.45) is 5.92 Å². The van der Waals surface area contributed by atoms with Gasteiger partial charge in [-0.1, -0.05) is 252 Å². The van der Waals surface area contributed by atoms with Gasteiger partial charge in [-0.05, 0) is 25.2 Å². The molecule has 0 spiro atoms. The molecular weight excluding hydrogens is 721 g/mol. The molecule has 1 unspecified atom stereocenters. The second-order valence-corrected chi connectivity index (χ2v) is 18.1. The summed E-state index contributed by atoms with van der Waals surface area (Å²) in [5, 5.41) is 0. The first-order valence-corrected chi connectivity index (χ1v) is 25.9. The molecule has 0 aromatic carbocycles. The summed E-state index contributed by atoms with van der Waals surface area (Å²) in [4.78, 5) is 37.9. The summed E-state index contributed by atoms with van der Waals surface area (Å²) in [5.74, 6) is 0.00205. The predicted molar refractivity (Wildman–Crippen MR) is 247 cm³/mol. The molecule has 6 heteroatoms. The number of carbonyl (C=O) groups is 3. The SMILES string of the molecule is CCCCCCCCCCCCCCCCCCC(=O)OC[C@@H](COC(=O)CCCCCCCCCCC(C)CC)OC(=O)CCCCCCCCCCCCCC. The van der Waals surface area contributed by atoms with Crippen LogP contribution in [-0.4, -0.2) is 37.2 Å². The maximum atomic E-state index is 12.8. The lowest BCUT2D eigenvalue weighted by Gasteiger charge is -2.18. The Morgan fingerprint density at radius 3 is 0.897 bits per heavy atom. The van der Waals surface area contributed by atoms with Gasteiger partial charge in [0.2, 0.25) is 0 Å². The van der Waals surface area contributed by atoms with E-state index in [4.69, 9.17) is 14.2 Å². The summed E-state index contributed by atoms with van der Waals surface area (Å²) < 4.78 is 16.8. The molecule has 0 aliphatic rings. The lowest BCUT2D eigenvalue weighted by Crippen LogP contribution is -2.30. The highest BCUT2D eigenvalue weighted by molar-refractivity contribution is 5.71. The highest BCUT2D eigenvalue weighted by Crippen LogP contribution is 2.17. The molecule has 0 saturated carbocycles. The molecule has 344 valence electrons. The topological polar surface area (TPSA) is 78.9 Å². The first kappa shape index (κ1) is 56.4. The molecule has 0 aliphatic heterocycles. The van der Waals surface area contributed by atoms with Crippen molar-refractivity contribution in [2.75, 3.05) is 13.2 Å². The standard InChI is InChI=1S/C52H100O6/c1-5-8-10-12-14-16-18-20-21-22-23-25-26-31-35-39-43-50(53)56-46-49(58-52(55)45-41-37-33-27-24-19-17-15-13-11-9-6-2)47-57-51(54)44-40-36-32-29-28-30-34-38-42-48(4)7-3/h48-49H,5-47H2,1-4H3/t48?,49-/m0/s1. The number of esters is 3. The molecule has 0 radical (unpaired) electrons. The first-order chi connectivity index (χ1) is 28.4. The Bertz CT molecular complexity index is 874. The minimum Gasteiger partial charge on any atom is -0.462 e. The number of rotatable bonds is 47. The zero-order valence-electron chi connectivity index (χ0n) is 39.5. The lowest BCUT2D eigenvalue weighted by molar-refractivity contribution is -0.167. The van der Waals surface area contributed by atoms with Crippen LogP contribution < -0.4 is 0 Å². The van der Waals surface area contributed by atoms with Crippen molar-refractivity contribution in [2.45, 2.75) is 297 Å². The highest BCUT2D eigenvalue weighted by atomic mass is 16.6. The van der Waals surface area contributed by atoms with Gasteiger partial charge in [0.1, 0.15) is 13.2 Å². The fraction of sp³-hybridized carbons (Fsp3) is 0.942. The molecule has 2 atom stereocenters. The zero-order chi connectivity index (χ0) is 42.4. The summed E-state index contributed by atoms with van der Waals surface area (Å²) in [5.41, 5.74) is 0. The van der Waals surface area contributed by atoms with Crippen LogP contribution >= 0.6 is 0 Å². The van der Waals surface area contributed by atoms with Gasteiger partial charge in [0, 0.05) is 19.3 Å². The van der Waals surface area contributed by atoms with Gasteiger partial charge in [-0.3, -0.25) is 14.4 Å². The Kier molecular flexibility index (Phi) is 45.2. The summed E-state index contributed by atoms with van der Waals surface area (Å²) in [6, 6.07) is 0. The number of ether oxygens (including phenoxy) is 3. The summed E-state index contributed by atoms with van der Waals surface area (Å²) >= 11 is 0. The molecule has 0 aliphatic carbocycles. The quantitative estimate of drug-likeness (QED) is 0.0346. The number of hydrogen-bond donors (Lipinski definition) is 0. The smallest absolute Gasteiger partial charge is 0.306 e. The Morgan fingerprint density at radius 1 is 0.345 bits per heavy atom. The highest BCUT2D eigenvalue weighted by Gasteiger charge is 2.19. The van der Waals surface area contributed by atoms with Crippen LogP contribution in [0.4, 0.5) is 0 Å². The fourth-order valence-corrected chi connectivity index (χ4v) is 7.83. The zero-order valence-corrected chi connectivity index (χ0v) is 39.5. The van der Waals surface area contributed by atoms with Crippen LogP contribution in [0, 0.1) is 5.92 Å². The summed E-state index contributed by atoms with van der Waals surface area (Å²) in [6.45, 7) is 9.03. The van der Waals surface area contributed by atoms with Crippen LogP contribution in [0.15, 0.2) is 0 Å². The number of carbonyl (C=O) groups excluding carboxylic acids is 3. The van der Waals surface area contributed by atoms with Crippen LogP contribution in [0.2, 0.25) is 0 Å². The van der Waals surface area contributed by atoms with E-state index in [0.717, 1.165) is 63.7 Å². The van der Waals surface area contributed by atoms with Crippen molar-refractivity contribution in [1.82, 2.24) is 0 Å². The Hall–Kier alpha value is -1.59. The lowest BCUT2D eigenvalue weighted by atomic mass is 9.99. The summed E-state index contributed by atoms with van der Waals surface area (Å²) in [6.07, 6.45) is 47.9. The molecule has 0 N–H and O–H groups in total. The minimum absolute atomic E-state index is 0.0630. The molecule has 0 bridgehead atoms. The van der Waals surface area contributed by atoms with Gasteiger partial charge < -0.3 is 14.2 Å². The predicted octanol–water partition coefficient (Wildman–Crippen LogP) is 16.7. The largest absolute Gasteiger partial charge is 0.462 e. The molecule has 0 saturated heterocycles. The van der Waals surface area contributed by atoms with Crippen molar-refractivity contribution in [1.29, 1.82) is 0 Å². The molecule has 0 rings (SSSR count). The Balaban J connectivity index is 4.30.